The molecule has 0 fully saturated rings. The number of benzene rings is 1. The highest BCUT2D eigenvalue weighted by Crippen LogP contribution is 2.22. The average molecular weight is 339 g/mol. The number of carbonyl (C=O) groups is 1. The highest BCUT2D eigenvalue weighted by Gasteiger charge is 2.20. The molecule has 2 N–H and O–H groups in total. The zero-order chi connectivity index (χ0) is 17.8. The third-order valence-corrected chi connectivity index (χ3v) is 3.96. The van der Waals surface area contributed by atoms with Crippen LogP contribution in [0.15, 0.2) is 59.2 Å². The maximum absolute atomic E-state index is 12.6. The molecule has 1 unspecified atom stereocenters. The molecule has 3 rings (SSSR count). The van der Waals surface area contributed by atoms with Gasteiger partial charge in [0.1, 0.15) is 11.4 Å². The number of furan rings is 1. The lowest BCUT2D eigenvalue weighted by atomic mass is 10.1. The highest BCUT2D eigenvalue weighted by atomic mass is 16.3. The minimum Gasteiger partial charge on any atom is -0.463 e. The van der Waals surface area contributed by atoms with E-state index in [-0.39, 0.29) is 18.4 Å². The number of hydrogen-bond acceptors (Lipinski definition) is 4. The number of rotatable bonds is 6. The predicted molar refractivity (Wildman–Crippen MR) is 94.4 cm³/mol. The molecular formula is C19H21N3O3. The predicted octanol–water partition coefficient (Wildman–Crippen LogP) is 2.88. The molecule has 0 radical (unpaired) electrons. The number of amides is 1. The van der Waals surface area contributed by atoms with Gasteiger partial charge in [-0.25, -0.2) is 4.68 Å². The second kappa shape index (κ2) is 7.36. The van der Waals surface area contributed by atoms with E-state index >= 15 is 0 Å². The van der Waals surface area contributed by atoms with Crippen molar-refractivity contribution in [2.45, 2.75) is 20.0 Å². The Hall–Kier alpha value is -2.86. The van der Waals surface area contributed by atoms with Gasteiger partial charge in [-0.3, -0.25) is 4.79 Å². The van der Waals surface area contributed by atoms with Crippen molar-refractivity contribution < 1.29 is 14.3 Å². The maximum atomic E-state index is 12.6. The fraction of sp³-hybridized carbons (Fsp3) is 0.263. The average Bonchev–Trinajstić information content (AvgIpc) is 3.29. The van der Waals surface area contributed by atoms with E-state index in [1.165, 1.54) is 0 Å². The Labute approximate surface area is 146 Å². The molecule has 0 aliphatic heterocycles. The third-order valence-electron chi connectivity index (χ3n) is 3.96. The number of nitrogens with zero attached hydrogens (tertiary/aromatic N) is 2. The summed E-state index contributed by atoms with van der Waals surface area (Å²) in [4.78, 5) is 12.6. The minimum absolute atomic E-state index is 0.0676. The lowest BCUT2D eigenvalue weighted by Crippen LogP contribution is -2.35. The van der Waals surface area contributed by atoms with Crippen LogP contribution in [0.5, 0.6) is 0 Å². The van der Waals surface area contributed by atoms with Gasteiger partial charge < -0.3 is 14.8 Å². The molecule has 0 saturated heterocycles. The van der Waals surface area contributed by atoms with Crippen LogP contribution in [0.3, 0.4) is 0 Å². The van der Waals surface area contributed by atoms with Gasteiger partial charge in [0.15, 0.2) is 5.76 Å². The molecule has 3 aromatic rings. The Bertz CT molecular complexity index is 823. The number of para-hydroxylation sites is 1. The first-order valence-corrected chi connectivity index (χ1v) is 8.22. The zero-order valence-electron chi connectivity index (χ0n) is 14.2. The van der Waals surface area contributed by atoms with Crippen LogP contribution in [0.1, 0.15) is 24.3 Å². The summed E-state index contributed by atoms with van der Waals surface area (Å²) in [6.07, 6.45) is 0.969. The molecule has 130 valence electrons. The SMILES string of the molecule is CC(C)C(O)CNC(=O)c1cc(-c2ccco2)nn1-c1ccccc1. The Kier molecular flexibility index (Phi) is 5.00. The molecule has 6 nitrogen and oxygen atoms in total. The van der Waals surface area contributed by atoms with E-state index < -0.39 is 6.10 Å². The molecule has 6 heteroatoms. The van der Waals surface area contributed by atoms with E-state index in [0.29, 0.717) is 17.1 Å². The summed E-state index contributed by atoms with van der Waals surface area (Å²) in [5.41, 5.74) is 1.73. The number of aliphatic hydroxyl groups is 1. The first-order chi connectivity index (χ1) is 12.1. The normalized spacial score (nSPS) is 12.3. The maximum Gasteiger partial charge on any atom is 0.270 e. The molecule has 25 heavy (non-hydrogen) atoms. The first-order valence-electron chi connectivity index (χ1n) is 8.22. The van der Waals surface area contributed by atoms with Crippen LogP contribution >= 0.6 is 0 Å². The molecule has 0 saturated carbocycles. The Morgan fingerprint density at radius 1 is 1.24 bits per heavy atom. The van der Waals surface area contributed by atoms with Crippen molar-refractivity contribution in [3.8, 4) is 17.1 Å². The monoisotopic (exact) mass is 339 g/mol. The smallest absolute Gasteiger partial charge is 0.270 e. The second-order valence-corrected chi connectivity index (χ2v) is 6.16. The van der Waals surface area contributed by atoms with Gasteiger partial charge in [0, 0.05) is 12.6 Å². The van der Waals surface area contributed by atoms with E-state index in [9.17, 15) is 9.90 Å². The topological polar surface area (TPSA) is 80.3 Å². The van der Waals surface area contributed by atoms with Crippen molar-refractivity contribution >= 4 is 5.91 Å². The van der Waals surface area contributed by atoms with Gasteiger partial charge in [-0.15, -0.1) is 0 Å². The first kappa shape index (κ1) is 17.0. The Morgan fingerprint density at radius 2 is 2.00 bits per heavy atom. The number of carbonyl (C=O) groups excluding carboxylic acids is 1. The summed E-state index contributed by atoms with van der Waals surface area (Å²) in [5.74, 6) is 0.359. The molecule has 0 spiro atoms. The molecule has 0 aliphatic carbocycles. The van der Waals surface area contributed by atoms with Crippen molar-refractivity contribution in [2.75, 3.05) is 6.54 Å². The molecular weight excluding hydrogens is 318 g/mol. The third kappa shape index (κ3) is 3.80. The summed E-state index contributed by atoms with van der Waals surface area (Å²) in [7, 11) is 0. The summed E-state index contributed by atoms with van der Waals surface area (Å²) in [6.45, 7) is 3.99. The molecule has 2 heterocycles. The van der Waals surface area contributed by atoms with Crippen LogP contribution in [0.2, 0.25) is 0 Å². The largest absolute Gasteiger partial charge is 0.463 e. The molecule has 1 aromatic carbocycles. The molecule has 1 amide bonds. The van der Waals surface area contributed by atoms with E-state index in [0.717, 1.165) is 5.69 Å². The highest BCUT2D eigenvalue weighted by molar-refractivity contribution is 5.94. The van der Waals surface area contributed by atoms with Crippen LogP contribution in [-0.2, 0) is 0 Å². The fourth-order valence-corrected chi connectivity index (χ4v) is 2.38. The van der Waals surface area contributed by atoms with E-state index in [2.05, 4.69) is 10.4 Å². The van der Waals surface area contributed by atoms with Gasteiger partial charge in [-0.2, -0.15) is 5.10 Å². The molecule has 0 aliphatic rings. The van der Waals surface area contributed by atoms with Gasteiger partial charge in [-0.1, -0.05) is 32.0 Å². The standard InChI is InChI=1S/C19H21N3O3/c1-13(2)17(23)12-20-19(24)16-11-15(18-9-6-10-25-18)21-22(16)14-7-4-3-5-8-14/h3-11,13,17,23H,12H2,1-2H3,(H,20,24). The second-order valence-electron chi connectivity index (χ2n) is 6.16. The summed E-state index contributed by atoms with van der Waals surface area (Å²) in [5, 5.41) is 17.2. The van der Waals surface area contributed by atoms with E-state index in [1.807, 2.05) is 44.2 Å². The van der Waals surface area contributed by atoms with Crippen LogP contribution in [0.4, 0.5) is 0 Å². The number of hydrogen-bond donors (Lipinski definition) is 2. The van der Waals surface area contributed by atoms with Gasteiger partial charge in [0.2, 0.25) is 0 Å². The Balaban J connectivity index is 1.92. The lowest BCUT2D eigenvalue weighted by molar-refractivity contribution is 0.0864. The zero-order valence-corrected chi connectivity index (χ0v) is 14.2. The lowest BCUT2D eigenvalue weighted by Gasteiger charge is -2.15. The van der Waals surface area contributed by atoms with Crippen LogP contribution in [0, 0.1) is 5.92 Å². The minimum atomic E-state index is -0.596. The quantitative estimate of drug-likeness (QED) is 0.724. The van der Waals surface area contributed by atoms with Gasteiger partial charge in [0.25, 0.3) is 5.91 Å². The van der Waals surface area contributed by atoms with Crippen molar-refractivity contribution in [3.05, 3.63) is 60.5 Å². The van der Waals surface area contributed by atoms with Crippen molar-refractivity contribution in [2.24, 2.45) is 5.92 Å². The summed E-state index contributed by atoms with van der Waals surface area (Å²) in [6, 6.07) is 14.7. The number of aliphatic hydroxyl groups excluding tert-OH is 1. The van der Waals surface area contributed by atoms with Crippen molar-refractivity contribution in [3.63, 3.8) is 0 Å². The Morgan fingerprint density at radius 3 is 2.64 bits per heavy atom. The molecule has 1 atom stereocenters. The van der Waals surface area contributed by atoms with Crippen molar-refractivity contribution in [1.29, 1.82) is 0 Å². The molecule has 2 aromatic heterocycles. The van der Waals surface area contributed by atoms with Crippen LogP contribution in [-0.4, -0.2) is 33.4 Å². The summed E-state index contributed by atoms with van der Waals surface area (Å²) >= 11 is 0. The molecule has 0 bridgehead atoms. The summed E-state index contributed by atoms with van der Waals surface area (Å²) < 4.78 is 6.96. The fourth-order valence-electron chi connectivity index (χ4n) is 2.38. The number of nitrogens with one attached hydrogen (secondary N) is 1. The van der Waals surface area contributed by atoms with Gasteiger partial charge in [0.05, 0.1) is 18.1 Å². The van der Waals surface area contributed by atoms with E-state index in [4.69, 9.17) is 4.42 Å². The van der Waals surface area contributed by atoms with Gasteiger partial charge >= 0.3 is 0 Å². The van der Waals surface area contributed by atoms with E-state index in [1.54, 1.807) is 29.1 Å². The van der Waals surface area contributed by atoms with Crippen molar-refractivity contribution in [1.82, 2.24) is 15.1 Å². The van der Waals surface area contributed by atoms with Crippen LogP contribution < -0.4 is 5.32 Å². The van der Waals surface area contributed by atoms with Gasteiger partial charge in [-0.05, 0) is 30.2 Å². The van der Waals surface area contributed by atoms with Crippen LogP contribution in [0.25, 0.3) is 17.1 Å². The number of aromatic nitrogens is 2.